The molecule has 23 heavy (non-hydrogen) atoms. The molecule has 0 spiro atoms. The van der Waals surface area contributed by atoms with Crippen molar-refractivity contribution < 1.29 is 9.50 Å². The van der Waals surface area contributed by atoms with Gasteiger partial charge in [-0.1, -0.05) is 0 Å². The number of nitrogens with one attached hydrogen (secondary N) is 2. The largest absolute Gasteiger partial charge is 0.393 e. The maximum atomic E-state index is 13.5. The van der Waals surface area contributed by atoms with Crippen LogP contribution >= 0.6 is 0 Å². The van der Waals surface area contributed by atoms with Crippen LogP contribution in [0.4, 0.5) is 16.2 Å². The summed E-state index contributed by atoms with van der Waals surface area (Å²) in [6.07, 6.45) is 6.72. The fourth-order valence-electron chi connectivity index (χ4n) is 2.84. The Balaban J connectivity index is 1.75. The van der Waals surface area contributed by atoms with E-state index in [1.165, 1.54) is 0 Å². The van der Waals surface area contributed by atoms with Gasteiger partial charge in [0.25, 0.3) is 0 Å². The lowest BCUT2D eigenvalue weighted by Crippen LogP contribution is -2.42. The van der Waals surface area contributed by atoms with Crippen LogP contribution in [0.25, 0.3) is 0 Å². The molecular formula is C16H20FN5O. The molecule has 2 aromatic rings. The zero-order valence-corrected chi connectivity index (χ0v) is 12.9. The van der Waals surface area contributed by atoms with Gasteiger partial charge in [0.1, 0.15) is 0 Å². The van der Waals surface area contributed by atoms with E-state index in [1.54, 1.807) is 19.4 Å². The highest BCUT2D eigenvalue weighted by Gasteiger charge is 2.34. The second kappa shape index (κ2) is 6.87. The summed E-state index contributed by atoms with van der Waals surface area (Å²) in [5.41, 5.74) is 1.15. The van der Waals surface area contributed by atoms with Crippen LogP contribution < -0.4 is 10.6 Å². The minimum absolute atomic E-state index is 0.0796. The van der Waals surface area contributed by atoms with Crippen molar-refractivity contribution in [2.45, 2.75) is 31.4 Å². The zero-order valence-electron chi connectivity index (χ0n) is 12.9. The average molecular weight is 317 g/mol. The first-order valence-electron chi connectivity index (χ1n) is 7.69. The number of aromatic nitrogens is 3. The molecule has 1 fully saturated rings. The molecular weight excluding hydrogens is 297 g/mol. The number of aliphatic hydroxyl groups is 1. The Labute approximate surface area is 134 Å². The Bertz CT molecular complexity index is 648. The summed E-state index contributed by atoms with van der Waals surface area (Å²) in [5, 5.41) is 15.6. The first kappa shape index (κ1) is 15.6. The molecule has 1 aliphatic rings. The molecule has 6 nitrogen and oxygen atoms in total. The molecule has 0 saturated heterocycles. The van der Waals surface area contributed by atoms with Crippen molar-refractivity contribution in [3.05, 3.63) is 42.1 Å². The highest BCUT2D eigenvalue weighted by molar-refractivity contribution is 5.41. The molecule has 1 aliphatic carbocycles. The molecule has 1 atom stereocenters. The van der Waals surface area contributed by atoms with E-state index in [9.17, 15) is 9.50 Å². The Kier molecular flexibility index (Phi) is 4.66. The van der Waals surface area contributed by atoms with E-state index in [2.05, 4.69) is 25.6 Å². The lowest BCUT2D eigenvalue weighted by molar-refractivity contribution is 0.0341. The number of pyridine rings is 1. The molecule has 1 saturated carbocycles. The van der Waals surface area contributed by atoms with E-state index in [0.717, 1.165) is 31.0 Å². The van der Waals surface area contributed by atoms with Gasteiger partial charge in [-0.05, 0) is 42.9 Å². The maximum Gasteiger partial charge on any atom is 0.225 e. The van der Waals surface area contributed by atoms with Crippen molar-refractivity contribution in [1.29, 1.82) is 0 Å². The van der Waals surface area contributed by atoms with Gasteiger partial charge in [-0.15, -0.1) is 0 Å². The standard InChI is InChI=1S/C16H20FN5O/c1-18-15-13(17)9-20-16(22-15)21-14(11-7-12(23)8-11)6-10-2-4-19-5-3-10/h2-5,9,11-12,14,23H,6-8H2,1H3,(H2,18,20,21,22)/t11?,12?,14-/m0/s1. The van der Waals surface area contributed by atoms with Crippen LogP contribution in [-0.2, 0) is 6.42 Å². The van der Waals surface area contributed by atoms with Crippen molar-refractivity contribution in [3.8, 4) is 0 Å². The topological polar surface area (TPSA) is 83.0 Å². The number of nitrogens with zero attached hydrogens (tertiary/aromatic N) is 3. The molecule has 3 N–H and O–H groups in total. The second-order valence-corrected chi connectivity index (χ2v) is 5.84. The molecule has 2 heterocycles. The molecule has 3 rings (SSSR count). The summed E-state index contributed by atoms with van der Waals surface area (Å²) in [4.78, 5) is 12.2. The van der Waals surface area contributed by atoms with Gasteiger partial charge in [-0.2, -0.15) is 4.98 Å². The van der Waals surface area contributed by atoms with Crippen LogP contribution in [0.5, 0.6) is 0 Å². The maximum absolute atomic E-state index is 13.5. The van der Waals surface area contributed by atoms with Crippen LogP contribution in [-0.4, -0.2) is 39.3 Å². The summed E-state index contributed by atoms with van der Waals surface area (Å²) >= 11 is 0. The van der Waals surface area contributed by atoms with E-state index < -0.39 is 5.82 Å². The second-order valence-electron chi connectivity index (χ2n) is 5.84. The van der Waals surface area contributed by atoms with Crippen LogP contribution in [0, 0.1) is 11.7 Å². The summed E-state index contributed by atoms with van der Waals surface area (Å²) in [6.45, 7) is 0. The van der Waals surface area contributed by atoms with E-state index in [0.29, 0.717) is 11.9 Å². The van der Waals surface area contributed by atoms with Crippen LogP contribution in [0.1, 0.15) is 18.4 Å². The average Bonchev–Trinajstić information content (AvgIpc) is 2.54. The number of halogens is 1. The third kappa shape index (κ3) is 3.73. The molecule has 0 radical (unpaired) electrons. The molecule has 122 valence electrons. The summed E-state index contributed by atoms with van der Waals surface area (Å²) < 4.78 is 13.5. The third-order valence-corrected chi connectivity index (χ3v) is 4.22. The highest BCUT2D eigenvalue weighted by atomic mass is 19.1. The van der Waals surface area contributed by atoms with E-state index in [4.69, 9.17) is 0 Å². The lowest BCUT2D eigenvalue weighted by Gasteiger charge is -2.38. The lowest BCUT2D eigenvalue weighted by atomic mass is 9.75. The van der Waals surface area contributed by atoms with Crippen LogP contribution in [0.2, 0.25) is 0 Å². The normalized spacial score (nSPS) is 21.3. The van der Waals surface area contributed by atoms with Gasteiger partial charge in [0.15, 0.2) is 11.6 Å². The van der Waals surface area contributed by atoms with Gasteiger partial charge in [0.05, 0.1) is 12.3 Å². The first-order chi connectivity index (χ1) is 11.2. The minimum atomic E-state index is -0.484. The molecule has 0 aromatic carbocycles. The molecule has 7 heteroatoms. The van der Waals surface area contributed by atoms with Gasteiger partial charge >= 0.3 is 0 Å². The van der Waals surface area contributed by atoms with Crippen molar-refractivity contribution in [2.75, 3.05) is 17.7 Å². The molecule has 0 bridgehead atoms. The van der Waals surface area contributed by atoms with Gasteiger partial charge in [0, 0.05) is 25.5 Å². The predicted octanol–water partition coefficient (Wildman–Crippen LogP) is 1.85. The highest BCUT2D eigenvalue weighted by Crippen LogP contribution is 2.33. The van der Waals surface area contributed by atoms with Gasteiger partial charge < -0.3 is 15.7 Å². The monoisotopic (exact) mass is 317 g/mol. The number of anilines is 2. The SMILES string of the molecule is CNc1nc(N[C@@H](Cc2ccncc2)C2CC(O)C2)ncc1F. The Hall–Kier alpha value is -2.28. The fourth-order valence-corrected chi connectivity index (χ4v) is 2.84. The van der Waals surface area contributed by atoms with Crippen molar-refractivity contribution in [3.63, 3.8) is 0 Å². The molecule has 0 aliphatic heterocycles. The van der Waals surface area contributed by atoms with E-state index in [1.807, 2.05) is 12.1 Å². The van der Waals surface area contributed by atoms with Crippen molar-refractivity contribution >= 4 is 11.8 Å². The number of aliphatic hydroxyl groups excluding tert-OH is 1. The Morgan fingerprint density at radius 3 is 2.74 bits per heavy atom. The quantitative estimate of drug-likeness (QED) is 0.754. The first-order valence-corrected chi connectivity index (χ1v) is 7.69. The van der Waals surface area contributed by atoms with Crippen LogP contribution in [0.3, 0.4) is 0 Å². The predicted molar refractivity (Wildman–Crippen MR) is 85.6 cm³/mol. The van der Waals surface area contributed by atoms with Crippen LogP contribution in [0.15, 0.2) is 30.7 Å². The van der Waals surface area contributed by atoms with E-state index in [-0.39, 0.29) is 18.0 Å². The Morgan fingerprint density at radius 1 is 1.35 bits per heavy atom. The molecule has 2 aromatic heterocycles. The van der Waals surface area contributed by atoms with Crippen molar-refractivity contribution in [2.24, 2.45) is 5.92 Å². The zero-order chi connectivity index (χ0) is 16.2. The summed E-state index contributed by atoms with van der Waals surface area (Å²) in [7, 11) is 1.62. The van der Waals surface area contributed by atoms with Gasteiger partial charge in [0.2, 0.25) is 5.95 Å². The number of hydrogen-bond donors (Lipinski definition) is 3. The minimum Gasteiger partial charge on any atom is -0.393 e. The molecule has 0 amide bonds. The van der Waals surface area contributed by atoms with Gasteiger partial charge in [-0.25, -0.2) is 9.37 Å². The smallest absolute Gasteiger partial charge is 0.225 e. The summed E-state index contributed by atoms with van der Waals surface area (Å²) in [6, 6.07) is 4.01. The third-order valence-electron chi connectivity index (χ3n) is 4.22. The molecule has 0 unspecified atom stereocenters. The number of hydrogen-bond acceptors (Lipinski definition) is 6. The summed E-state index contributed by atoms with van der Waals surface area (Å²) in [5.74, 6) is 0.405. The Morgan fingerprint density at radius 2 is 2.09 bits per heavy atom. The fraction of sp³-hybridized carbons (Fsp3) is 0.438. The number of rotatable bonds is 6. The van der Waals surface area contributed by atoms with Gasteiger partial charge in [-0.3, -0.25) is 4.98 Å². The van der Waals surface area contributed by atoms with Crippen molar-refractivity contribution in [1.82, 2.24) is 15.0 Å². The van der Waals surface area contributed by atoms with E-state index >= 15 is 0 Å².